The van der Waals surface area contributed by atoms with Gasteiger partial charge < -0.3 is 15.0 Å². The molecule has 1 saturated heterocycles. The number of esters is 1. The number of carbonyl (C=O) groups excluding carboxylic acids is 1. The second-order valence-corrected chi connectivity index (χ2v) is 6.42. The third-order valence-electron chi connectivity index (χ3n) is 4.85. The van der Waals surface area contributed by atoms with Gasteiger partial charge in [-0.15, -0.1) is 0 Å². The van der Waals surface area contributed by atoms with Gasteiger partial charge in [-0.25, -0.2) is 4.79 Å². The summed E-state index contributed by atoms with van der Waals surface area (Å²) in [6, 6.07) is 0. The van der Waals surface area contributed by atoms with E-state index in [1.165, 1.54) is 7.11 Å². The summed E-state index contributed by atoms with van der Waals surface area (Å²) in [7, 11) is 1.51. The van der Waals surface area contributed by atoms with Gasteiger partial charge in [-0.3, -0.25) is 0 Å². The Kier molecular flexibility index (Phi) is 4.51. The van der Waals surface area contributed by atoms with Crippen LogP contribution < -0.4 is 5.32 Å². The molecular weight excluding hydrogens is 240 g/mol. The van der Waals surface area contributed by atoms with Gasteiger partial charge in [0.25, 0.3) is 0 Å². The summed E-state index contributed by atoms with van der Waals surface area (Å²) in [5.74, 6) is 1.81. The van der Waals surface area contributed by atoms with E-state index < -0.39 is 5.54 Å². The van der Waals surface area contributed by atoms with Crippen LogP contribution in [0.5, 0.6) is 0 Å². The summed E-state index contributed by atoms with van der Waals surface area (Å²) in [6.07, 6.45) is 2.28. The molecule has 0 aromatic heterocycles. The largest absolute Gasteiger partial charge is 0.468 e. The van der Waals surface area contributed by atoms with E-state index >= 15 is 0 Å². The van der Waals surface area contributed by atoms with Crippen molar-refractivity contribution in [3.63, 3.8) is 0 Å². The summed E-state index contributed by atoms with van der Waals surface area (Å²) in [5, 5.41) is 3.45. The number of carbonyl (C=O) groups is 1. The third kappa shape index (κ3) is 2.95. The molecule has 1 aliphatic heterocycles. The van der Waals surface area contributed by atoms with Crippen LogP contribution in [-0.4, -0.2) is 49.7 Å². The average molecular weight is 268 g/mol. The summed E-state index contributed by atoms with van der Waals surface area (Å²) in [5.41, 5.74) is -0.479. The van der Waals surface area contributed by atoms with Gasteiger partial charge in [0.2, 0.25) is 0 Å². The number of methoxy groups -OCH3 is 1. The van der Waals surface area contributed by atoms with Gasteiger partial charge in [0, 0.05) is 19.6 Å². The zero-order valence-corrected chi connectivity index (χ0v) is 12.7. The first-order chi connectivity index (χ1) is 9.03. The Hall–Kier alpha value is -0.610. The molecule has 1 aliphatic carbocycles. The van der Waals surface area contributed by atoms with Crippen molar-refractivity contribution in [3.05, 3.63) is 0 Å². The summed E-state index contributed by atoms with van der Waals surface area (Å²) < 4.78 is 5.11. The number of nitrogens with zero attached hydrogens (tertiary/aromatic N) is 1. The van der Waals surface area contributed by atoms with Crippen molar-refractivity contribution in [2.24, 2.45) is 17.8 Å². The maximum atomic E-state index is 12.3. The molecule has 110 valence electrons. The Morgan fingerprint density at radius 3 is 2.32 bits per heavy atom. The number of likely N-dealkylation sites (tertiary alicyclic amines) is 1. The molecule has 2 rings (SSSR count). The number of likely N-dealkylation sites (N-methyl/N-ethyl adjacent to an activating group) is 1. The van der Waals surface area contributed by atoms with Crippen LogP contribution >= 0.6 is 0 Å². The average Bonchev–Trinajstić information content (AvgIpc) is 3.17. The van der Waals surface area contributed by atoms with Crippen LogP contribution in [0.3, 0.4) is 0 Å². The van der Waals surface area contributed by atoms with E-state index in [1.807, 2.05) is 0 Å². The number of rotatable bonds is 6. The third-order valence-corrected chi connectivity index (χ3v) is 4.85. The van der Waals surface area contributed by atoms with Crippen LogP contribution in [-0.2, 0) is 9.53 Å². The second-order valence-electron chi connectivity index (χ2n) is 6.42. The Morgan fingerprint density at radius 1 is 1.32 bits per heavy atom. The lowest BCUT2D eigenvalue weighted by atomic mass is 9.92. The molecule has 3 unspecified atom stereocenters. The van der Waals surface area contributed by atoms with Crippen LogP contribution in [0.2, 0.25) is 0 Å². The van der Waals surface area contributed by atoms with Gasteiger partial charge in [-0.05, 0) is 37.1 Å². The molecule has 0 bridgehead atoms. The van der Waals surface area contributed by atoms with Crippen LogP contribution in [0, 0.1) is 17.8 Å². The summed E-state index contributed by atoms with van der Waals surface area (Å²) in [4.78, 5) is 14.8. The summed E-state index contributed by atoms with van der Waals surface area (Å²) >= 11 is 0. The molecule has 0 amide bonds. The molecule has 0 spiro atoms. The monoisotopic (exact) mass is 268 g/mol. The van der Waals surface area contributed by atoms with Gasteiger partial charge in [0.1, 0.15) is 5.54 Å². The Labute approximate surface area is 116 Å². The fraction of sp³-hybridized carbons (Fsp3) is 0.933. The molecule has 1 saturated carbocycles. The fourth-order valence-corrected chi connectivity index (χ4v) is 3.44. The maximum Gasteiger partial charge on any atom is 0.327 e. The highest BCUT2D eigenvalue weighted by atomic mass is 16.5. The van der Waals surface area contributed by atoms with Gasteiger partial charge in [0.05, 0.1) is 7.11 Å². The van der Waals surface area contributed by atoms with E-state index in [0.29, 0.717) is 5.92 Å². The van der Waals surface area contributed by atoms with Crippen LogP contribution in [0.25, 0.3) is 0 Å². The van der Waals surface area contributed by atoms with Crippen molar-refractivity contribution in [2.75, 3.05) is 33.3 Å². The van der Waals surface area contributed by atoms with Crippen LogP contribution in [0.4, 0.5) is 0 Å². The van der Waals surface area contributed by atoms with Gasteiger partial charge in [-0.1, -0.05) is 20.8 Å². The van der Waals surface area contributed by atoms with Crippen LogP contribution in [0.1, 0.15) is 33.6 Å². The van der Waals surface area contributed by atoms with Gasteiger partial charge in [0.15, 0.2) is 0 Å². The number of hydrogen-bond donors (Lipinski definition) is 1. The minimum atomic E-state index is -0.479. The lowest BCUT2D eigenvalue weighted by molar-refractivity contribution is -0.150. The quantitative estimate of drug-likeness (QED) is 0.741. The van der Waals surface area contributed by atoms with Crippen molar-refractivity contribution in [3.8, 4) is 0 Å². The smallest absolute Gasteiger partial charge is 0.327 e. The Balaban J connectivity index is 2.11. The van der Waals surface area contributed by atoms with E-state index in [1.54, 1.807) is 0 Å². The number of nitrogens with one attached hydrogen (secondary N) is 1. The van der Waals surface area contributed by atoms with Gasteiger partial charge >= 0.3 is 5.97 Å². The topological polar surface area (TPSA) is 41.6 Å². The molecule has 2 fully saturated rings. The molecule has 2 aliphatic rings. The number of hydrogen-bond acceptors (Lipinski definition) is 4. The van der Waals surface area contributed by atoms with Gasteiger partial charge in [-0.2, -0.15) is 0 Å². The van der Waals surface area contributed by atoms with Crippen molar-refractivity contribution >= 4 is 5.97 Å². The molecule has 19 heavy (non-hydrogen) atoms. The lowest BCUT2D eigenvalue weighted by Gasteiger charge is -2.35. The first kappa shape index (κ1) is 14.8. The molecule has 0 radical (unpaired) electrons. The minimum absolute atomic E-state index is 0.0796. The molecule has 0 aromatic rings. The molecule has 1 N–H and O–H groups in total. The van der Waals surface area contributed by atoms with E-state index in [4.69, 9.17) is 4.74 Å². The predicted octanol–water partition coefficient (Wildman–Crippen LogP) is 1.51. The van der Waals surface area contributed by atoms with E-state index in [-0.39, 0.29) is 5.97 Å². The summed E-state index contributed by atoms with van der Waals surface area (Å²) in [6.45, 7) is 10.5. The van der Waals surface area contributed by atoms with Crippen molar-refractivity contribution in [2.45, 2.75) is 39.2 Å². The molecule has 1 heterocycles. The zero-order chi connectivity index (χ0) is 14.0. The highest BCUT2D eigenvalue weighted by Gasteiger charge is 2.52. The Bertz CT molecular complexity index is 320. The minimum Gasteiger partial charge on any atom is -0.468 e. The SMILES string of the molecule is CCNC(CN1CC(C)C(C)C1)(C(=O)OC)C1CC1. The van der Waals surface area contributed by atoms with E-state index in [9.17, 15) is 4.79 Å². The predicted molar refractivity (Wildman–Crippen MR) is 75.9 cm³/mol. The maximum absolute atomic E-state index is 12.3. The van der Waals surface area contributed by atoms with Crippen molar-refractivity contribution in [1.82, 2.24) is 10.2 Å². The molecule has 4 nitrogen and oxygen atoms in total. The van der Waals surface area contributed by atoms with E-state index in [2.05, 4.69) is 31.0 Å². The van der Waals surface area contributed by atoms with E-state index in [0.717, 1.165) is 50.9 Å². The lowest BCUT2D eigenvalue weighted by Crippen LogP contribution is -2.61. The van der Waals surface area contributed by atoms with Crippen LogP contribution in [0.15, 0.2) is 0 Å². The fourth-order valence-electron chi connectivity index (χ4n) is 3.44. The Morgan fingerprint density at radius 2 is 1.89 bits per heavy atom. The first-order valence-corrected chi connectivity index (χ1v) is 7.59. The standard InChI is InChI=1S/C15H28N2O2/c1-5-16-15(13-6-7-13,14(18)19-4)10-17-8-11(2)12(3)9-17/h11-13,16H,5-10H2,1-4H3. The highest BCUT2D eigenvalue weighted by molar-refractivity contribution is 5.82. The molecule has 0 aromatic carbocycles. The zero-order valence-electron chi connectivity index (χ0n) is 12.7. The normalized spacial score (nSPS) is 31.2. The highest BCUT2D eigenvalue weighted by Crippen LogP contribution is 2.41. The molecule has 3 atom stereocenters. The van der Waals surface area contributed by atoms with Crippen molar-refractivity contribution < 1.29 is 9.53 Å². The molecular formula is C15H28N2O2. The number of ether oxygens (including phenoxy) is 1. The second kappa shape index (κ2) is 5.80. The van der Waals surface area contributed by atoms with Crippen molar-refractivity contribution in [1.29, 1.82) is 0 Å². The molecule has 4 heteroatoms. The first-order valence-electron chi connectivity index (χ1n) is 7.59.